The van der Waals surface area contributed by atoms with E-state index in [1.54, 1.807) is 0 Å². The number of benzene rings is 1. The Kier molecular flexibility index (Phi) is 3.11. The van der Waals surface area contributed by atoms with Gasteiger partial charge in [-0.3, -0.25) is 4.98 Å². The van der Waals surface area contributed by atoms with E-state index in [1.807, 2.05) is 30.5 Å². The molecule has 0 amide bonds. The molecule has 4 heteroatoms. The van der Waals surface area contributed by atoms with Crippen LogP contribution >= 0.6 is 0 Å². The highest BCUT2D eigenvalue weighted by Crippen LogP contribution is 2.28. The Bertz CT molecular complexity index is 539. The second-order valence-electron chi connectivity index (χ2n) is 4.72. The topological polar surface area (TPSA) is 49.2 Å². The van der Waals surface area contributed by atoms with Crippen molar-refractivity contribution in [2.75, 3.05) is 18.1 Å². The number of nitrogens with zero attached hydrogens (tertiary/aromatic N) is 3. The van der Waals surface area contributed by atoms with E-state index in [2.05, 4.69) is 14.9 Å². The third-order valence-corrected chi connectivity index (χ3v) is 3.59. The molecule has 0 aliphatic heterocycles. The Morgan fingerprint density at radius 1 is 1.22 bits per heavy atom. The van der Waals surface area contributed by atoms with Gasteiger partial charge in [-0.1, -0.05) is 12.1 Å². The molecule has 1 saturated carbocycles. The maximum Gasteiger partial charge on any atom is 0.148 e. The molecule has 0 unspecified atom stereocenters. The third-order valence-electron chi connectivity index (χ3n) is 3.59. The molecule has 0 saturated heterocycles. The van der Waals surface area contributed by atoms with Crippen molar-refractivity contribution in [3.8, 4) is 0 Å². The van der Waals surface area contributed by atoms with Crippen LogP contribution in [0.2, 0.25) is 0 Å². The molecule has 1 N–H and O–H groups in total. The lowest BCUT2D eigenvalue weighted by atomic mass is 9.91. The molecule has 1 aromatic carbocycles. The van der Waals surface area contributed by atoms with Crippen molar-refractivity contribution < 1.29 is 5.11 Å². The normalized spacial score (nSPS) is 15.6. The SMILES string of the molecule is OCCN(c1cnc2ccccc2n1)C1CCC1. The molecular weight excluding hydrogens is 226 g/mol. The van der Waals surface area contributed by atoms with Crippen LogP contribution < -0.4 is 4.90 Å². The van der Waals surface area contributed by atoms with Gasteiger partial charge in [0.25, 0.3) is 0 Å². The van der Waals surface area contributed by atoms with Crippen molar-refractivity contribution in [3.05, 3.63) is 30.5 Å². The molecule has 3 rings (SSSR count). The maximum atomic E-state index is 9.19. The lowest BCUT2D eigenvalue weighted by molar-refractivity contribution is 0.283. The van der Waals surface area contributed by atoms with Crippen LogP contribution in [0.25, 0.3) is 11.0 Å². The van der Waals surface area contributed by atoms with Crippen LogP contribution in [0, 0.1) is 0 Å². The fourth-order valence-corrected chi connectivity index (χ4v) is 2.38. The summed E-state index contributed by atoms with van der Waals surface area (Å²) < 4.78 is 0. The first-order valence-corrected chi connectivity index (χ1v) is 6.48. The lowest BCUT2D eigenvalue weighted by Crippen LogP contribution is -2.42. The number of para-hydroxylation sites is 2. The molecule has 4 nitrogen and oxygen atoms in total. The highest BCUT2D eigenvalue weighted by Gasteiger charge is 2.25. The molecule has 0 atom stereocenters. The molecule has 94 valence electrons. The second kappa shape index (κ2) is 4.90. The van der Waals surface area contributed by atoms with Crippen LogP contribution in [0.5, 0.6) is 0 Å². The first-order valence-electron chi connectivity index (χ1n) is 6.48. The van der Waals surface area contributed by atoms with E-state index in [0.29, 0.717) is 12.6 Å². The number of hydrogen-bond acceptors (Lipinski definition) is 4. The van der Waals surface area contributed by atoms with Crippen molar-refractivity contribution in [1.82, 2.24) is 9.97 Å². The average Bonchev–Trinajstić information content (AvgIpc) is 2.35. The molecule has 1 aliphatic carbocycles. The maximum absolute atomic E-state index is 9.19. The molecule has 18 heavy (non-hydrogen) atoms. The minimum absolute atomic E-state index is 0.158. The van der Waals surface area contributed by atoms with Crippen LogP contribution in [0.3, 0.4) is 0 Å². The van der Waals surface area contributed by atoms with E-state index in [9.17, 15) is 5.11 Å². The molecular formula is C14H17N3O. The summed E-state index contributed by atoms with van der Waals surface area (Å²) in [5.41, 5.74) is 1.83. The Labute approximate surface area is 106 Å². The van der Waals surface area contributed by atoms with Gasteiger partial charge in [0.1, 0.15) is 5.82 Å². The lowest BCUT2D eigenvalue weighted by Gasteiger charge is -2.37. The number of hydrogen-bond donors (Lipinski definition) is 1. The predicted molar refractivity (Wildman–Crippen MR) is 71.6 cm³/mol. The smallest absolute Gasteiger partial charge is 0.148 e. The minimum atomic E-state index is 0.158. The van der Waals surface area contributed by atoms with Crippen LogP contribution in [-0.2, 0) is 0 Å². The van der Waals surface area contributed by atoms with Gasteiger partial charge >= 0.3 is 0 Å². The summed E-state index contributed by atoms with van der Waals surface area (Å²) in [5.74, 6) is 0.882. The standard InChI is InChI=1S/C14H17N3O/c18-9-8-17(11-4-3-5-11)14-10-15-12-6-1-2-7-13(12)16-14/h1-2,6-7,10-11,18H,3-5,8-9H2. The number of aliphatic hydroxyl groups is 1. The summed E-state index contributed by atoms with van der Waals surface area (Å²) in [6, 6.07) is 8.40. The number of aliphatic hydroxyl groups excluding tert-OH is 1. The summed E-state index contributed by atoms with van der Waals surface area (Å²) in [4.78, 5) is 11.3. The molecule has 1 fully saturated rings. The van der Waals surface area contributed by atoms with Gasteiger partial charge in [-0.2, -0.15) is 0 Å². The largest absolute Gasteiger partial charge is 0.395 e. The number of rotatable bonds is 4. The second-order valence-corrected chi connectivity index (χ2v) is 4.72. The molecule has 2 aromatic rings. The van der Waals surface area contributed by atoms with E-state index < -0.39 is 0 Å². The molecule has 1 aromatic heterocycles. The summed E-state index contributed by atoms with van der Waals surface area (Å²) in [6.45, 7) is 0.794. The van der Waals surface area contributed by atoms with Crippen molar-refractivity contribution >= 4 is 16.9 Å². The summed E-state index contributed by atoms with van der Waals surface area (Å²) in [6.07, 6.45) is 5.47. The summed E-state index contributed by atoms with van der Waals surface area (Å²) in [7, 11) is 0. The van der Waals surface area contributed by atoms with Gasteiger partial charge in [-0.15, -0.1) is 0 Å². The zero-order chi connectivity index (χ0) is 12.4. The van der Waals surface area contributed by atoms with Crippen molar-refractivity contribution in [3.63, 3.8) is 0 Å². The molecule has 0 bridgehead atoms. The molecule has 0 spiro atoms. The predicted octanol–water partition coefficient (Wildman–Crippen LogP) is 1.98. The monoisotopic (exact) mass is 243 g/mol. The van der Waals surface area contributed by atoms with Crippen LogP contribution in [0.4, 0.5) is 5.82 Å². The molecule has 0 radical (unpaired) electrons. The Hall–Kier alpha value is -1.68. The summed E-state index contributed by atoms with van der Waals surface area (Å²) in [5, 5.41) is 9.19. The van der Waals surface area contributed by atoms with Gasteiger partial charge in [0.2, 0.25) is 0 Å². The van der Waals surface area contributed by atoms with E-state index in [1.165, 1.54) is 19.3 Å². The van der Waals surface area contributed by atoms with Gasteiger partial charge in [0.15, 0.2) is 0 Å². The van der Waals surface area contributed by atoms with Gasteiger partial charge in [-0.25, -0.2) is 4.98 Å². The van der Waals surface area contributed by atoms with Crippen molar-refractivity contribution in [2.45, 2.75) is 25.3 Å². The number of aromatic nitrogens is 2. The van der Waals surface area contributed by atoms with E-state index >= 15 is 0 Å². The fraction of sp³-hybridized carbons (Fsp3) is 0.429. The number of fused-ring (bicyclic) bond motifs is 1. The zero-order valence-corrected chi connectivity index (χ0v) is 10.3. The molecule has 1 aliphatic rings. The van der Waals surface area contributed by atoms with Gasteiger partial charge in [0, 0.05) is 12.6 Å². The van der Waals surface area contributed by atoms with Gasteiger partial charge < -0.3 is 10.0 Å². The fourth-order valence-electron chi connectivity index (χ4n) is 2.38. The third kappa shape index (κ3) is 2.04. The highest BCUT2D eigenvalue weighted by atomic mass is 16.3. The Balaban J connectivity index is 1.95. The van der Waals surface area contributed by atoms with Gasteiger partial charge in [-0.05, 0) is 31.4 Å². The van der Waals surface area contributed by atoms with Crippen LogP contribution in [-0.4, -0.2) is 34.3 Å². The first-order chi connectivity index (χ1) is 8.88. The Morgan fingerprint density at radius 3 is 2.67 bits per heavy atom. The van der Waals surface area contributed by atoms with Crippen LogP contribution in [0.15, 0.2) is 30.5 Å². The first kappa shape index (κ1) is 11.4. The quantitative estimate of drug-likeness (QED) is 0.892. The van der Waals surface area contributed by atoms with Crippen LogP contribution in [0.1, 0.15) is 19.3 Å². The van der Waals surface area contributed by atoms with E-state index in [-0.39, 0.29) is 6.61 Å². The Morgan fingerprint density at radius 2 is 2.00 bits per heavy atom. The minimum Gasteiger partial charge on any atom is -0.395 e. The average molecular weight is 243 g/mol. The van der Waals surface area contributed by atoms with Crippen molar-refractivity contribution in [1.29, 1.82) is 0 Å². The van der Waals surface area contributed by atoms with E-state index in [4.69, 9.17) is 0 Å². The molecule has 1 heterocycles. The van der Waals surface area contributed by atoms with Crippen molar-refractivity contribution in [2.24, 2.45) is 0 Å². The highest BCUT2D eigenvalue weighted by molar-refractivity contribution is 5.75. The summed E-state index contributed by atoms with van der Waals surface area (Å²) >= 11 is 0. The number of anilines is 1. The zero-order valence-electron chi connectivity index (χ0n) is 10.3. The van der Waals surface area contributed by atoms with Gasteiger partial charge in [0.05, 0.1) is 23.8 Å². The van der Waals surface area contributed by atoms with E-state index in [0.717, 1.165) is 16.9 Å².